The summed E-state index contributed by atoms with van der Waals surface area (Å²) in [6, 6.07) is 8.92. The van der Waals surface area contributed by atoms with E-state index in [0.29, 0.717) is 16.9 Å². The van der Waals surface area contributed by atoms with E-state index in [1.165, 1.54) is 30.3 Å². The zero-order valence-corrected chi connectivity index (χ0v) is 16.1. The first-order chi connectivity index (χ1) is 13.6. The maximum absolute atomic E-state index is 12.6. The number of nitrogens with one attached hydrogen (secondary N) is 1. The molecule has 5 nitrogen and oxygen atoms in total. The van der Waals surface area contributed by atoms with Crippen LogP contribution in [0.5, 0.6) is 5.75 Å². The van der Waals surface area contributed by atoms with Crippen LogP contribution < -0.4 is 5.32 Å². The molecule has 3 aromatic rings. The smallest absolute Gasteiger partial charge is 0.416 e. The van der Waals surface area contributed by atoms with Gasteiger partial charge in [-0.1, -0.05) is 40.5 Å². The Balaban J connectivity index is 1.61. The van der Waals surface area contributed by atoms with Crippen LogP contribution in [0.4, 0.5) is 13.2 Å². The van der Waals surface area contributed by atoms with Gasteiger partial charge in [-0.15, -0.1) is 0 Å². The van der Waals surface area contributed by atoms with Gasteiger partial charge in [0.2, 0.25) is 0 Å². The van der Waals surface area contributed by atoms with Crippen molar-refractivity contribution in [3.8, 4) is 5.75 Å². The number of carbonyl (C=O) groups excluding carboxylic acids is 1. The summed E-state index contributed by atoms with van der Waals surface area (Å²) in [5.74, 6) is -0.401. The van der Waals surface area contributed by atoms with Gasteiger partial charge in [0.1, 0.15) is 5.76 Å². The fourth-order valence-electron chi connectivity index (χ4n) is 2.51. The van der Waals surface area contributed by atoms with Crippen LogP contribution in [0.15, 0.2) is 47.0 Å². The van der Waals surface area contributed by atoms with Crippen LogP contribution >= 0.6 is 23.2 Å². The zero-order chi connectivity index (χ0) is 21.2. The Morgan fingerprint density at radius 2 is 1.69 bits per heavy atom. The molecule has 0 bridgehead atoms. The third kappa shape index (κ3) is 5.21. The van der Waals surface area contributed by atoms with Crippen molar-refractivity contribution in [3.63, 3.8) is 0 Å². The second kappa shape index (κ2) is 8.34. The highest BCUT2D eigenvalue weighted by molar-refractivity contribution is 6.37. The molecule has 2 N–H and O–H groups in total. The molecule has 0 aliphatic heterocycles. The second-order valence-electron chi connectivity index (χ2n) is 6.14. The molecule has 0 saturated heterocycles. The number of phenols is 1. The molecule has 0 unspecified atom stereocenters. The van der Waals surface area contributed by atoms with Crippen LogP contribution in [0, 0.1) is 0 Å². The molecule has 2 aromatic carbocycles. The fourth-order valence-corrected chi connectivity index (χ4v) is 3.04. The van der Waals surface area contributed by atoms with Gasteiger partial charge in [0.15, 0.2) is 11.4 Å². The van der Waals surface area contributed by atoms with E-state index in [4.69, 9.17) is 27.7 Å². The van der Waals surface area contributed by atoms with Crippen LogP contribution in [-0.4, -0.2) is 16.2 Å². The number of amides is 1. The lowest BCUT2D eigenvalue weighted by Gasteiger charge is -2.08. The van der Waals surface area contributed by atoms with Crippen molar-refractivity contribution in [3.05, 3.63) is 80.7 Å². The van der Waals surface area contributed by atoms with E-state index >= 15 is 0 Å². The van der Waals surface area contributed by atoms with Crippen LogP contribution in [0.1, 0.15) is 32.9 Å². The van der Waals surface area contributed by atoms with Gasteiger partial charge >= 0.3 is 6.18 Å². The van der Waals surface area contributed by atoms with E-state index in [2.05, 4.69) is 10.5 Å². The lowest BCUT2D eigenvalue weighted by atomic mass is 10.1. The first-order valence-electron chi connectivity index (χ1n) is 8.20. The summed E-state index contributed by atoms with van der Waals surface area (Å²) in [5.41, 5.74) is 0.403. The van der Waals surface area contributed by atoms with Gasteiger partial charge in [0.25, 0.3) is 5.91 Å². The number of benzene rings is 2. The Kier molecular flexibility index (Phi) is 6.04. The van der Waals surface area contributed by atoms with Gasteiger partial charge in [0.05, 0.1) is 15.6 Å². The Labute approximate surface area is 173 Å². The van der Waals surface area contributed by atoms with E-state index in [0.717, 1.165) is 12.1 Å². The number of carbonyl (C=O) groups is 1. The van der Waals surface area contributed by atoms with Gasteiger partial charge < -0.3 is 14.9 Å². The number of aromatic hydroxyl groups is 1. The standard InChI is InChI=1S/C19H13Cl2F3N2O3/c20-14-6-11(7-15(21)17(14)27)5-13-8-16(26-29-13)18(28)25-9-10-1-3-12(4-2-10)19(22,23)24/h1-4,6-8,27H,5,9H2,(H,25,28). The van der Waals surface area contributed by atoms with Crippen molar-refractivity contribution in [2.45, 2.75) is 19.1 Å². The minimum Gasteiger partial charge on any atom is -0.505 e. The van der Waals surface area contributed by atoms with E-state index in [1.54, 1.807) is 0 Å². The largest absolute Gasteiger partial charge is 0.505 e. The Bertz CT molecular complexity index is 1010. The topological polar surface area (TPSA) is 75.4 Å². The number of halogens is 5. The number of hydrogen-bond acceptors (Lipinski definition) is 4. The van der Waals surface area contributed by atoms with E-state index < -0.39 is 17.6 Å². The van der Waals surface area contributed by atoms with Crippen LogP contribution in [0.2, 0.25) is 10.0 Å². The van der Waals surface area contributed by atoms with E-state index in [-0.39, 0.29) is 34.5 Å². The first-order valence-corrected chi connectivity index (χ1v) is 8.96. The van der Waals surface area contributed by atoms with Gasteiger partial charge in [-0.25, -0.2) is 0 Å². The molecule has 1 heterocycles. The molecule has 3 rings (SSSR count). The molecular weight excluding hydrogens is 432 g/mol. The third-order valence-corrected chi connectivity index (χ3v) is 4.56. The summed E-state index contributed by atoms with van der Waals surface area (Å²) in [4.78, 5) is 12.2. The van der Waals surface area contributed by atoms with Crippen LogP contribution in [0.3, 0.4) is 0 Å². The Morgan fingerprint density at radius 1 is 1.07 bits per heavy atom. The molecule has 0 saturated carbocycles. The number of rotatable bonds is 5. The molecule has 0 fully saturated rings. The number of hydrogen-bond donors (Lipinski definition) is 2. The molecule has 0 aliphatic carbocycles. The summed E-state index contributed by atoms with van der Waals surface area (Å²) in [6.45, 7) is 0.0301. The van der Waals surface area contributed by atoms with Crippen molar-refractivity contribution < 1.29 is 27.6 Å². The molecular formula is C19H13Cl2F3N2O3. The predicted octanol–water partition coefficient (Wildman–Crippen LogP) is 5.23. The highest BCUT2D eigenvalue weighted by atomic mass is 35.5. The van der Waals surface area contributed by atoms with Crippen molar-refractivity contribution in [2.24, 2.45) is 0 Å². The molecule has 0 radical (unpaired) electrons. The lowest BCUT2D eigenvalue weighted by molar-refractivity contribution is -0.137. The fraction of sp³-hybridized carbons (Fsp3) is 0.158. The maximum Gasteiger partial charge on any atom is 0.416 e. The normalized spacial score (nSPS) is 11.5. The van der Waals surface area contributed by atoms with Gasteiger partial charge in [0, 0.05) is 19.0 Å². The summed E-state index contributed by atoms with van der Waals surface area (Å²) in [5, 5.41) is 16.0. The predicted molar refractivity (Wildman–Crippen MR) is 100 cm³/mol. The van der Waals surface area contributed by atoms with Crippen molar-refractivity contribution in [2.75, 3.05) is 0 Å². The quantitative estimate of drug-likeness (QED) is 0.565. The molecule has 29 heavy (non-hydrogen) atoms. The third-order valence-electron chi connectivity index (χ3n) is 3.98. The average Bonchev–Trinajstić information content (AvgIpc) is 3.12. The highest BCUT2D eigenvalue weighted by Gasteiger charge is 2.29. The minimum absolute atomic E-state index is 0.0166. The van der Waals surface area contributed by atoms with Crippen molar-refractivity contribution in [1.29, 1.82) is 0 Å². The summed E-state index contributed by atoms with van der Waals surface area (Å²) < 4.78 is 42.8. The van der Waals surface area contributed by atoms with Crippen molar-refractivity contribution >= 4 is 29.1 Å². The minimum atomic E-state index is -4.41. The summed E-state index contributed by atoms with van der Waals surface area (Å²) in [7, 11) is 0. The van der Waals surface area contributed by atoms with Crippen molar-refractivity contribution in [1.82, 2.24) is 10.5 Å². The zero-order valence-electron chi connectivity index (χ0n) is 14.6. The second-order valence-corrected chi connectivity index (χ2v) is 6.96. The average molecular weight is 445 g/mol. The highest BCUT2D eigenvalue weighted by Crippen LogP contribution is 2.33. The molecule has 1 aromatic heterocycles. The summed E-state index contributed by atoms with van der Waals surface area (Å²) >= 11 is 11.7. The van der Waals surface area contributed by atoms with Gasteiger partial charge in [-0.3, -0.25) is 4.79 Å². The van der Waals surface area contributed by atoms with Crippen LogP contribution in [-0.2, 0) is 19.1 Å². The SMILES string of the molecule is O=C(NCc1ccc(C(F)(F)F)cc1)c1cc(Cc2cc(Cl)c(O)c(Cl)c2)on1. The number of alkyl halides is 3. The molecule has 0 aliphatic rings. The van der Waals surface area contributed by atoms with E-state index in [1.807, 2.05) is 0 Å². The maximum atomic E-state index is 12.6. The first kappa shape index (κ1) is 21.0. The van der Waals surface area contributed by atoms with E-state index in [9.17, 15) is 23.1 Å². The Hall–Kier alpha value is -2.71. The van der Waals surface area contributed by atoms with Gasteiger partial charge in [-0.05, 0) is 35.4 Å². The molecule has 152 valence electrons. The molecule has 10 heteroatoms. The monoisotopic (exact) mass is 444 g/mol. The summed E-state index contributed by atoms with van der Waals surface area (Å²) in [6.07, 6.45) is -4.18. The van der Waals surface area contributed by atoms with Gasteiger partial charge in [-0.2, -0.15) is 13.2 Å². The Morgan fingerprint density at radius 3 is 2.28 bits per heavy atom. The van der Waals surface area contributed by atoms with Crippen LogP contribution in [0.25, 0.3) is 0 Å². The molecule has 0 spiro atoms. The number of phenolic OH excluding ortho intramolecular Hbond substituents is 1. The number of nitrogens with zero attached hydrogens (tertiary/aromatic N) is 1. The molecule has 1 amide bonds. The lowest BCUT2D eigenvalue weighted by Crippen LogP contribution is -2.23. The number of aromatic nitrogens is 1. The molecule has 0 atom stereocenters.